The van der Waals surface area contributed by atoms with Gasteiger partial charge in [-0.25, -0.2) is 0 Å². The molecular formula is C27H41NO. The first kappa shape index (κ1) is 23.6. The second kappa shape index (κ2) is 15.2. The third-order valence-electron chi connectivity index (χ3n) is 5.46. The van der Waals surface area contributed by atoms with Crippen LogP contribution in [0.3, 0.4) is 0 Å². The van der Waals surface area contributed by atoms with E-state index in [-0.39, 0.29) is 6.04 Å². The molecule has 0 aromatic heterocycles. The van der Waals surface area contributed by atoms with Gasteiger partial charge in [0.1, 0.15) is 0 Å². The molecule has 2 nitrogen and oxygen atoms in total. The smallest absolute Gasteiger partial charge is 0.0786 e. The Morgan fingerprint density at radius 2 is 1.52 bits per heavy atom. The summed E-state index contributed by atoms with van der Waals surface area (Å²) in [4.78, 5) is 6.34. The van der Waals surface area contributed by atoms with Crippen LogP contribution in [0.5, 0.6) is 0 Å². The van der Waals surface area contributed by atoms with Crippen LogP contribution in [-0.2, 0) is 4.84 Å². The molecule has 0 heterocycles. The molecule has 2 rings (SSSR count). The summed E-state index contributed by atoms with van der Waals surface area (Å²) < 4.78 is 0. The van der Waals surface area contributed by atoms with E-state index in [4.69, 9.17) is 4.84 Å². The number of nitrogens with zero attached hydrogens (tertiary/aromatic N) is 1. The van der Waals surface area contributed by atoms with E-state index >= 15 is 0 Å². The van der Waals surface area contributed by atoms with Gasteiger partial charge in [-0.05, 0) is 30.1 Å². The monoisotopic (exact) mass is 395 g/mol. The Labute approximate surface area is 179 Å². The van der Waals surface area contributed by atoms with Crippen molar-refractivity contribution in [3.05, 3.63) is 65.8 Å². The lowest BCUT2D eigenvalue weighted by Gasteiger charge is -2.31. The van der Waals surface area contributed by atoms with Crippen LogP contribution in [0.2, 0.25) is 0 Å². The maximum absolute atomic E-state index is 6.34. The fraction of sp³-hybridized carbons (Fsp3) is 0.556. The molecule has 1 aliphatic carbocycles. The largest absolute Gasteiger partial charge is 0.298 e. The molecule has 1 aromatic rings. The molecule has 160 valence electrons. The van der Waals surface area contributed by atoms with Gasteiger partial charge in [-0.3, -0.25) is 4.84 Å². The minimum atomic E-state index is 0.196. The highest BCUT2D eigenvalue weighted by Crippen LogP contribution is 2.22. The summed E-state index contributed by atoms with van der Waals surface area (Å²) >= 11 is 0. The Morgan fingerprint density at radius 3 is 2.24 bits per heavy atom. The highest BCUT2D eigenvalue weighted by molar-refractivity contribution is 5.59. The van der Waals surface area contributed by atoms with Crippen LogP contribution in [0.4, 0.5) is 0 Å². The lowest BCUT2D eigenvalue weighted by molar-refractivity contribution is -0.170. The van der Waals surface area contributed by atoms with Crippen molar-refractivity contribution in [3.63, 3.8) is 0 Å². The lowest BCUT2D eigenvalue weighted by atomic mass is 9.98. The first-order chi connectivity index (χ1) is 14.3. The van der Waals surface area contributed by atoms with E-state index in [0.29, 0.717) is 0 Å². The Hall–Kier alpha value is -1.64. The molecule has 1 aromatic carbocycles. The number of unbranched alkanes of at least 4 members (excludes halogenated alkanes) is 8. The summed E-state index contributed by atoms with van der Waals surface area (Å²) in [5.74, 6) is 0. The zero-order valence-electron chi connectivity index (χ0n) is 18.7. The van der Waals surface area contributed by atoms with Gasteiger partial charge in [0.05, 0.1) is 12.6 Å². The van der Waals surface area contributed by atoms with Crippen molar-refractivity contribution < 1.29 is 4.84 Å². The van der Waals surface area contributed by atoms with Gasteiger partial charge in [0.15, 0.2) is 0 Å². The van der Waals surface area contributed by atoms with Gasteiger partial charge in [-0.2, -0.15) is 5.06 Å². The molecule has 1 aliphatic rings. The minimum absolute atomic E-state index is 0.196. The van der Waals surface area contributed by atoms with Crippen molar-refractivity contribution in [1.29, 1.82) is 0 Å². The number of hydrogen-bond acceptors (Lipinski definition) is 2. The number of hydrogen-bond donors (Lipinski definition) is 0. The first-order valence-electron chi connectivity index (χ1n) is 11.9. The van der Waals surface area contributed by atoms with Crippen molar-refractivity contribution in [1.82, 2.24) is 5.06 Å². The quantitative estimate of drug-likeness (QED) is 0.222. The minimum Gasteiger partial charge on any atom is -0.298 e. The second-order valence-electron chi connectivity index (χ2n) is 8.05. The van der Waals surface area contributed by atoms with Crippen LogP contribution in [0.25, 0.3) is 6.08 Å². The van der Waals surface area contributed by atoms with Gasteiger partial charge in [0, 0.05) is 6.54 Å². The zero-order valence-corrected chi connectivity index (χ0v) is 18.7. The van der Waals surface area contributed by atoms with Gasteiger partial charge >= 0.3 is 0 Å². The molecule has 1 atom stereocenters. The predicted molar refractivity (Wildman–Crippen MR) is 127 cm³/mol. The molecule has 0 saturated heterocycles. The summed E-state index contributed by atoms with van der Waals surface area (Å²) in [7, 11) is 0. The molecule has 1 unspecified atom stereocenters. The molecule has 0 bridgehead atoms. The van der Waals surface area contributed by atoms with E-state index in [0.717, 1.165) is 19.6 Å². The molecule has 0 amide bonds. The Morgan fingerprint density at radius 1 is 0.828 bits per heavy atom. The number of hydroxylamine groups is 2. The molecule has 2 heteroatoms. The average Bonchev–Trinajstić information content (AvgIpc) is 2.76. The summed E-state index contributed by atoms with van der Waals surface area (Å²) in [6.45, 7) is 6.35. The molecule has 0 spiro atoms. The Balaban J connectivity index is 1.98. The Bertz CT molecular complexity index is 617. The average molecular weight is 396 g/mol. The maximum atomic E-state index is 6.34. The van der Waals surface area contributed by atoms with Gasteiger partial charge in [0.2, 0.25) is 0 Å². The SMILES string of the molecule is CCCCCCCON(CCCCCCC)C1C=CC=CC1=Cc1ccccc1. The van der Waals surface area contributed by atoms with Gasteiger partial charge < -0.3 is 0 Å². The maximum Gasteiger partial charge on any atom is 0.0786 e. The number of rotatable bonds is 15. The van der Waals surface area contributed by atoms with Crippen LogP contribution in [-0.4, -0.2) is 24.3 Å². The number of allylic oxidation sites excluding steroid dienone is 2. The van der Waals surface area contributed by atoms with E-state index in [2.05, 4.69) is 79.6 Å². The molecule has 0 N–H and O–H groups in total. The topological polar surface area (TPSA) is 12.5 Å². The summed E-state index contributed by atoms with van der Waals surface area (Å²) in [6.07, 6.45) is 23.9. The van der Waals surface area contributed by atoms with E-state index in [9.17, 15) is 0 Å². The third kappa shape index (κ3) is 9.60. The third-order valence-corrected chi connectivity index (χ3v) is 5.46. The highest BCUT2D eigenvalue weighted by Gasteiger charge is 2.21. The Kier molecular flexibility index (Phi) is 12.4. The van der Waals surface area contributed by atoms with Crippen molar-refractivity contribution in [2.75, 3.05) is 13.2 Å². The van der Waals surface area contributed by atoms with Gasteiger partial charge in [-0.1, -0.05) is 120 Å². The zero-order chi connectivity index (χ0) is 20.6. The van der Waals surface area contributed by atoms with E-state index in [1.165, 1.54) is 68.9 Å². The molecular weight excluding hydrogens is 354 g/mol. The lowest BCUT2D eigenvalue weighted by Crippen LogP contribution is -2.37. The number of benzene rings is 1. The van der Waals surface area contributed by atoms with Crippen molar-refractivity contribution in [2.24, 2.45) is 0 Å². The van der Waals surface area contributed by atoms with Gasteiger partial charge in [0.25, 0.3) is 0 Å². The predicted octanol–water partition coefficient (Wildman–Crippen LogP) is 7.74. The fourth-order valence-corrected chi connectivity index (χ4v) is 3.73. The normalized spacial score (nSPS) is 17.5. The summed E-state index contributed by atoms with van der Waals surface area (Å²) in [6, 6.07) is 10.8. The van der Waals surface area contributed by atoms with Crippen LogP contribution >= 0.6 is 0 Å². The van der Waals surface area contributed by atoms with Gasteiger partial charge in [-0.15, -0.1) is 0 Å². The van der Waals surface area contributed by atoms with E-state index in [1.807, 2.05) is 0 Å². The summed E-state index contributed by atoms with van der Waals surface area (Å²) in [5.41, 5.74) is 2.55. The second-order valence-corrected chi connectivity index (χ2v) is 8.05. The van der Waals surface area contributed by atoms with Crippen molar-refractivity contribution in [3.8, 4) is 0 Å². The standard InChI is InChI=1S/C27H41NO/c1-3-5-7-9-16-22-28(29-23-17-10-8-6-4-2)27-21-15-14-20-26(27)24-25-18-12-11-13-19-25/h11-15,18-21,24,27H,3-10,16-17,22-23H2,1-2H3. The van der Waals surface area contributed by atoms with E-state index < -0.39 is 0 Å². The van der Waals surface area contributed by atoms with Crippen molar-refractivity contribution in [2.45, 2.75) is 84.1 Å². The van der Waals surface area contributed by atoms with Crippen LogP contribution < -0.4 is 0 Å². The molecule has 0 aliphatic heterocycles. The van der Waals surface area contributed by atoms with E-state index in [1.54, 1.807) is 0 Å². The summed E-state index contributed by atoms with van der Waals surface area (Å²) in [5, 5.41) is 2.24. The highest BCUT2D eigenvalue weighted by atomic mass is 16.7. The van der Waals surface area contributed by atoms with Crippen molar-refractivity contribution >= 4 is 6.08 Å². The van der Waals surface area contributed by atoms with Crippen LogP contribution in [0.15, 0.2) is 60.2 Å². The molecule has 0 fully saturated rings. The molecule has 0 radical (unpaired) electrons. The van der Waals surface area contributed by atoms with Crippen LogP contribution in [0.1, 0.15) is 83.6 Å². The fourth-order valence-electron chi connectivity index (χ4n) is 3.73. The molecule has 0 saturated carbocycles. The first-order valence-corrected chi connectivity index (χ1v) is 11.9. The van der Waals surface area contributed by atoms with Crippen LogP contribution in [0, 0.1) is 0 Å². The molecule has 29 heavy (non-hydrogen) atoms.